The summed E-state index contributed by atoms with van der Waals surface area (Å²) in [6.45, 7) is 0. The Morgan fingerprint density at radius 2 is 1.08 bits per heavy atom. The molecule has 0 spiro atoms. The predicted octanol–water partition coefficient (Wildman–Crippen LogP) is 11.7. The fraction of sp³-hybridized carbons (Fsp3) is 0.0213. The molecule has 1 N–H and O–H groups in total. The number of amidine groups is 2. The van der Waals surface area contributed by atoms with Crippen LogP contribution in [0.3, 0.4) is 0 Å². The summed E-state index contributed by atoms with van der Waals surface area (Å²) in [6, 6.07) is 61.6. The number of hydrogen-bond donors (Lipinski definition) is 1. The monoisotopic (exact) mass is 653 g/mol. The molecule has 51 heavy (non-hydrogen) atoms. The Bertz CT molecular complexity index is 2810. The first-order valence-corrected chi connectivity index (χ1v) is 17.3. The second kappa shape index (κ2) is 12.0. The summed E-state index contributed by atoms with van der Waals surface area (Å²) in [6.07, 6.45) is -0.386. The molecule has 1 aliphatic heterocycles. The fourth-order valence-electron chi connectivity index (χ4n) is 7.34. The van der Waals surface area contributed by atoms with Gasteiger partial charge in [0.25, 0.3) is 0 Å². The average Bonchev–Trinajstić information content (AvgIpc) is 3.57. The van der Waals surface area contributed by atoms with Crippen molar-refractivity contribution < 1.29 is 4.42 Å². The molecule has 1 unspecified atom stereocenters. The summed E-state index contributed by atoms with van der Waals surface area (Å²) in [5.41, 5.74) is 9.24. The molecule has 4 nitrogen and oxygen atoms in total. The molecule has 1 aliphatic rings. The third-order valence-electron chi connectivity index (χ3n) is 9.90. The minimum Gasteiger partial charge on any atom is -0.455 e. The van der Waals surface area contributed by atoms with E-state index in [0.717, 1.165) is 66.5 Å². The third kappa shape index (κ3) is 5.17. The zero-order valence-electron chi connectivity index (χ0n) is 27.6. The Hall–Kier alpha value is -6.78. The average molecular weight is 654 g/mol. The number of nitrogens with one attached hydrogen (secondary N) is 1. The zero-order chi connectivity index (χ0) is 33.7. The number of benzene rings is 8. The first-order chi connectivity index (χ1) is 25.2. The fourth-order valence-corrected chi connectivity index (χ4v) is 7.34. The normalized spacial score (nSPS) is 14.5. The summed E-state index contributed by atoms with van der Waals surface area (Å²) in [5.74, 6) is 1.47. The molecule has 9 aromatic rings. The molecule has 10 rings (SSSR count). The summed E-state index contributed by atoms with van der Waals surface area (Å²) in [4.78, 5) is 10.4. The lowest BCUT2D eigenvalue weighted by molar-refractivity contribution is 0.665. The van der Waals surface area contributed by atoms with Gasteiger partial charge in [0.15, 0.2) is 5.84 Å². The quantitative estimate of drug-likeness (QED) is 0.201. The lowest BCUT2D eigenvalue weighted by atomic mass is 9.96. The van der Waals surface area contributed by atoms with Crippen LogP contribution in [0.1, 0.15) is 22.9 Å². The van der Waals surface area contributed by atoms with Crippen LogP contribution >= 0.6 is 0 Å². The molecule has 0 saturated heterocycles. The maximum Gasteiger partial charge on any atom is 0.159 e. The zero-order valence-corrected chi connectivity index (χ0v) is 27.6. The lowest BCUT2D eigenvalue weighted by Gasteiger charge is -2.24. The minimum atomic E-state index is -0.386. The van der Waals surface area contributed by atoms with Crippen LogP contribution in [0.5, 0.6) is 0 Å². The van der Waals surface area contributed by atoms with Gasteiger partial charge in [-0.25, -0.2) is 9.98 Å². The van der Waals surface area contributed by atoms with Crippen molar-refractivity contribution in [1.29, 1.82) is 0 Å². The molecule has 0 aliphatic carbocycles. The molecule has 4 heteroatoms. The Morgan fingerprint density at radius 3 is 1.86 bits per heavy atom. The molecule has 1 aromatic heterocycles. The van der Waals surface area contributed by atoms with Crippen LogP contribution in [0.15, 0.2) is 190 Å². The Labute approximate surface area is 295 Å². The van der Waals surface area contributed by atoms with E-state index in [0.29, 0.717) is 5.84 Å². The van der Waals surface area contributed by atoms with Gasteiger partial charge in [0.05, 0.1) is 0 Å². The maximum atomic E-state index is 6.66. The Balaban J connectivity index is 1.13. The number of rotatable bonds is 5. The SMILES string of the molecule is c1ccc(C2=NC(c3ccc(-c4cccc5ccccc45)cc3)=NC(c3cc(-c4ccccc4)c4oc5cc6ccccc6cc5c4c3)N2)cc1. The summed E-state index contributed by atoms with van der Waals surface area (Å²) >= 11 is 0. The lowest BCUT2D eigenvalue weighted by Crippen LogP contribution is -2.33. The number of furan rings is 1. The third-order valence-corrected chi connectivity index (χ3v) is 9.90. The van der Waals surface area contributed by atoms with Crippen LogP contribution < -0.4 is 5.32 Å². The van der Waals surface area contributed by atoms with E-state index in [1.165, 1.54) is 21.7 Å². The van der Waals surface area contributed by atoms with Crippen LogP contribution in [-0.4, -0.2) is 11.7 Å². The number of hydrogen-bond acceptors (Lipinski definition) is 4. The summed E-state index contributed by atoms with van der Waals surface area (Å²) < 4.78 is 6.66. The van der Waals surface area contributed by atoms with Crippen molar-refractivity contribution in [2.45, 2.75) is 6.17 Å². The highest BCUT2D eigenvalue weighted by molar-refractivity contribution is 6.15. The van der Waals surface area contributed by atoms with Gasteiger partial charge in [0, 0.05) is 27.5 Å². The van der Waals surface area contributed by atoms with E-state index in [1.807, 2.05) is 24.3 Å². The highest BCUT2D eigenvalue weighted by Crippen LogP contribution is 2.40. The van der Waals surface area contributed by atoms with E-state index in [2.05, 4.69) is 157 Å². The molecule has 1 atom stereocenters. The van der Waals surface area contributed by atoms with Crippen molar-refractivity contribution in [3.8, 4) is 22.3 Å². The highest BCUT2D eigenvalue weighted by atomic mass is 16.3. The topological polar surface area (TPSA) is 49.9 Å². The van der Waals surface area contributed by atoms with Crippen molar-refractivity contribution in [2.24, 2.45) is 9.98 Å². The van der Waals surface area contributed by atoms with Gasteiger partial charge < -0.3 is 9.73 Å². The second-order valence-corrected chi connectivity index (χ2v) is 13.0. The van der Waals surface area contributed by atoms with Gasteiger partial charge in [-0.05, 0) is 68.1 Å². The van der Waals surface area contributed by atoms with Crippen LogP contribution in [0.2, 0.25) is 0 Å². The molecule has 0 saturated carbocycles. The Morgan fingerprint density at radius 1 is 0.451 bits per heavy atom. The maximum absolute atomic E-state index is 6.66. The van der Waals surface area contributed by atoms with Gasteiger partial charge in [-0.15, -0.1) is 0 Å². The molecule has 8 aromatic carbocycles. The molecule has 0 fully saturated rings. The van der Waals surface area contributed by atoms with Gasteiger partial charge >= 0.3 is 0 Å². The predicted molar refractivity (Wildman–Crippen MR) is 211 cm³/mol. The molecular formula is C47H31N3O. The molecule has 240 valence electrons. The molecule has 0 amide bonds. The molecular weight excluding hydrogens is 623 g/mol. The Kier molecular flexibility index (Phi) is 6.85. The summed E-state index contributed by atoms with van der Waals surface area (Å²) in [7, 11) is 0. The van der Waals surface area contributed by atoms with Crippen molar-refractivity contribution in [3.05, 3.63) is 193 Å². The van der Waals surface area contributed by atoms with Crippen LogP contribution in [-0.2, 0) is 0 Å². The number of nitrogens with zero attached hydrogens (tertiary/aromatic N) is 2. The highest BCUT2D eigenvalue weighted by Gasteiger charge is 2.24. The van der Waals surface area contributed by atoms with Gasteiger partial charge in [-0.3, -0.25) is 0 Å². The van der Waals surface area contributed by atoms with E-state index in [4.69, 9.17) is 14.4 Å². The van der Waals surface area contributed by atoms with Crippen LogP contribution in [0, 0.1) is 0 Å². The van der Waals surface area contributed by atoms with E-state index in [1.54, 1.807) is 0 Å². The smallest absolute Gasteiger partial charge is 0.159 e. The van der Waals surface area contributed by atoms with E-state index in [-0.39, 0.29) is 6.17 Å². The molecule has 2 heterocycles. The van der Waals surface area contributed by atoms with Gasteiger partial charge in [-0.2, -0.15) is 0 Å². The van der Waals surface area contributed by atoms with Crippen molar-refractivity contribution >= 4 is 55.2 Å². The van der Waals surface area contributed by atoms with E-state index >= 15 is 0 Å². The van der Waals surface area contributed by atoms with Gasteiger partial charge in [0.1, 0.15) is 23.2 Å². The summed E-state index contributed by atoms with van der Waals surface area (Å²) in [5, 5.41) is 10.6. The first kappa shape index (κ1) is 29.2. The van der Waals surface area contributed by atoms with Crippen molar-refractivity contribution in [2.75, 3.05) is 0 Å². The first-order valence-electron chi connectivity index (χ1n) is 17.3. The minimum absolute atomic E-state index is 0.386. The van der Waals surface area contributed by atoms with Crippen LogP contribution in [0.25, 0.3) is 65.7 Å². The second-order valence-electron chi connectivity index (χ2n) is 13.0. The van der Waals surface area contributed by atoms with Gasteiger partial charge in [0.2, 0.25) is 0 Å². The van der Waals surface area contributed by atoms with E-state index < -0.39 is 0 Å². The molecule has 0 bridgehead atoms. The van der Waals surface area contributed by atoms with Gasteiger partial charge in [-0.1, -0.05) is 152 Å². The van der Waals surface area contributed by atoms with Crippen molar-refractivity contribution in [3.63, 3.8) is 0 Å². The van der Waals surface area contributed by atoms with E-state index in [9.17, 15) is 0 Å². The molecule has 0 radical (unpaired) electrons. The largest absolute Gasteiger partial charge is 0.455 e. The number of fused-ring (bicyclic) bond motifs is 5. The number of aliphatic imine (C=N–C) groups is 2. The standard InChI is InChI=1S/C47H31N3O/c1-3-12-31(13-4-1)40-27-37(28-42-41-26-35-17-7-8-18-36(35)29-43(41)51-44(40)42)47-49-45(33-15-5-2-6-16-33)48-46(50-47)34-24-22-32(23-25-34)39-21-11-19-30-14-9-10-20-38(30)39/h1-29,47H,(H,48,49,50). The van der Waals surface area contributed by atoms with Crippen LogP contribution in [0.4, 0.5) is 0 Å². The van der Waals surface area contributed by atoms with Crippen molar-refractivity contribution in [1.82, 2.24) is 5.32 Å².